The Kier molecular flexibility index (Phi) is 5.15. The van der Waals surface area contributed by atoms with Gasteiger partial charge in [0.1, 0.15) is 5.75 Å². The van der Waals surface area contributed by atoms with Gasteiger partial charge in [-0.2, -0.15) is 8.78 Å². The highest BCUT2D eigenvalue weighted by Gasteiger charge is 2.17. The van der Waals surface area contributed by atoms with Gasteiger partial charge >= 0.3 is 12.6 Å². The zero-order valence-corrected chi connectivity index (χ0v) is 10.3. The van der Waals surface area contributed by atoms with E-state index in [2.05, 4.69) is 4.74 Å². The van der Waals surface area contributed by atoms with Gasteiger partial charge in [0.25, 0.3) is 0 Å². The molecule has 0 saturated carbocycles. The number of carbonyl (C=O) groups excluding carboxylic acids is 1. The Morgan fingerprint density at radius 2 is 2.17 bits per heavy atom. The topological polar surface area (TPSA) is 61.5 Å². The molecule has 0 unspecified atom stereocenters. The number of nitrogen functional groups attached to an aromatic ring is 1. The minimum absolute atomic E-state index is 0.0283. The number of anilines is 1. The third-order valence-electron chi connectivity index (χ3n) is 1.99. The fraction of sp³-hybridized carbons (Fsp3) is 0.364. The number of carbonyl (C=O) groups is 1. The molecule has 0 fully saturated rings. The standard InChI is InChI=1S/C11H12ClF2NO3/c1-2-3-17-10(16)7-4-6(18-11(13)14)5-8(12)9(7)15/h4-5,11H,2-3,15H2,1H3. The van der Waals surface area contributed by atoms with E-state index in [1.165, 1.54) is 0 Å². The van der Waals surface area contributed by atoms with Gasteiger partial charge in [-0.3, -0.25) is 0 Å². The predicted octanol–water partition coefficient (Wildman–Crippen LogP) is 3.09. The lowest BCUT2D eigenvalue weighted by molar-refractivity contribution is -0.0499. The summed E-state index contributed by atoms with van der Waals surface area (Å²) in [6.07, 6.45) is 0.632. The second-order valence-corrected chi connectivity index (χ2v) is 3.79. The third kappa shape index (κ3) is 3.73. The second-order valence-electron chi connectivity index (χ2n) is 3.38. The Morgan fingerprint density at radius 3 is 2.72 bits per heavy atom. The van der Waals surface area contributed by atoms with Gasteiger partial charge in [0.2, 0.25) is 0 Å². The molecule has 0 spiro atoms. The number of ether oxygens (including phenoxy) is 2. The van der Waals surface area contributed by atoms with Crippen LogP contribution in [0.3, 0.4) is 0 Å². The van der Waals surface area contributed by atoms with Crippen LogP contribution < -0.4 is 10.5 Å². The zero-order valence-electron chi connectivity index (χ0n) is 9.58. The highest BCUT2D eigenvalue weighted by atomic mass is 35.5. The van der Waals surface area contributed by atoms with Crippen molar-refractivity contribution in [2.45, 2.75) is 20.0 Å². The first-order chi connectivity index (χ1) is 8.45. The maximum Gasteiger partial charge on any atom is 0.387 e. The number of rotatable bonds is 5. The van der Waals surface area contributed by atoms with Crippen molar-refractivity contribution < 1.29 is 23.0 Å². The van der Waals surface area contributed by atoms with Crippen molar-refractivity contribution in [3.8, 4) is 5.75 Å². The SMILES string of the molecule is CCCOC(=O)c1cc(OC(F)F)cc(Cl)c1N. The molecule has 1 rings (SSSR count). The molecule has 1 aromatic carbocycles. The smallest absolute Gasteiger partial charge is 0.387 e. The summed E-state index contributed by atoms with van der Waals surface area (Å²) in [6.45, 7) is -0.986. The largest absolute Gasteiger partial charge is 0.462 e. The predicted molar refractivity (Wildman–Crippen MR) is 63.1 cm³/mol. The highest BCUT2D eigenvalue weighted by molar-refractivity contribution is 6.34. The summed E-state index contributed by atoms with van der Waals surface area (Å²) in [6, 6.07) is 2.19. The number of benzene rings is 1. The van der Waals surface area contributed by atoms with E-state index in [4.69, 9.17) is 22.1 Å². The quantitative estimate of drug-likeness (QED) is 0.664. The van der Waals surface area contributed by atoms with Crippen molar-refractivity contribution >= 4 is 23.3 Å². The van der Waals surface area contributed by atoms with E-state index in [1.54, 1.807) is 0 Å². The molecule has 0 radical (unpaired) electrons. The second kappa shape index (κ2) is 6.39. The van der Waals surface area contributed by atoms with Crippen LogP contribution in [0.1, 0.15) is 23.7 Å². The normalized spacial score (nSPS) is 10.5. The van der Waals surface area contributed by atoms with Crippen molar-refractivity contribution in [1.29, 1.82) is 0 Å². The summed E-state index contributed by atoms with van der Waals surface area (Å²) in [7, 11) is 0. The van der Waals surface area contributed by atoms with Gasteiger partial charge in [0.15, 0.2) is 0 Å². The van der Waals surface area contributed by atoms with Crippen molar-refractivity contribution in [3.63, 3.8) is 0 Å². The molecule has 0 aromatic heterocycles. The van der Waals surface area contributed by atoms with Crippen LogP contribution in [0.5, 0.6) is 5.75 Å². The Morgan fingerprint density at radius 1 is 1.50 bits per heavy atom. The van der Waals surface area contributed by atoms with E-state index in [-0.39, 0.29) is 28.6 Å². The summed E-state index contributed by atoms with van der Waals surface area (Å²) >= 11 is 5.72. The summed E-state index contributed by atoms with van der Waals surface area (Å²) in [5.41, 5.74) is 5.46. The van der Waals surface area contributed by atoms with Gasteiger partial charge < -0.3 is 15.2 Å². The molecule has 0 bridgehead atoms. The summed E-state index contributed by atoms with van der Waals surface area (Å²) in [5, 5.41) is -0.0448. The number of hydrogen-bond acceptors (Lipinski definition) is 4. The Labute approximate surface area is 108 Å². The Hall–Kier alpha value is -1.56. The summed E-state index contributed by atoms with van der Waals surface area (Å²) in [4.78, 5) is 11.6. The molecule has 2 N–H and O–H groups in total. The fourth-order valence-corrected chi connectivity index (χ4v) is 1.41. The lowest BCUT2D eigenvalue weighted by Gasteiger charge is -2.11. The number of nitrogens with two attached hydrogens (primary N) is 1. The first-order valence-electron chi connectivity index (χ1n) is 5.16. The third-order valence-corrected chi connectivity index (χ3v) is 2.30. The fourth-order valence-electron chi connectivity index (χ4n) is 1.21. The average Bonchev–Trinajstić information content (AvgIpc) is 2.29. The van der Waals surface area contributed by atoms with Crippen LogP contribution in [0.25, 0.3) is 0 Å². The molecule has 0 amide bonds. The van der Waals surface area contributed by atoms with Crippen molar-refractivity contribution in [2.24, 2.45) is 0 Å². The maximum absolute atomic E-state index is 12.1. The van der Waals surface area contributed by atoms with Gasteiger partial charge in [-0.25, -0.2) is 4.79 Å². The summed E-state index contributed by atoms with van der Waals surface area (Å²) < 4.78 is 33.2. The molecule has 0 aliphatic rings. The highest BCUT2D eigenvalue weighted by Crippen LogP contribution is 2.30. The molecular formula is C11H12ClF2NO3. The molecule has 18 heavy (non-hydrogen) atoms. The molecule has 0 aliphatic carbocycles. The van der Waals surface area contributed by atoms with Crippen LogP contribution in [0.15, 0.2) is 12.1 Å². The average molecular weight is 280 g/mol. The van der Waals surface area contributed by atoms with Gasteiger partial charge in [-0.05, 0) is 12.5 Å². The minimum Gasteiger partial charge on any atom is -0.462 e. The van der Waals surface area contributed by atoms with Gasteiger partial charge in [0.05, 0.1) is 22.9 Å². The molecule has 100 valence electrons. The maximum atomic E-state index is 12.1. The molecule has 0 heterocycles. The Bertz CT molecular complexity index is 441. The van der Waals surface area contributed by atoms with Crippen LogP contribution in [0.2, 0.25) is 5.02 Å². The van der Waals surface area contributed by atoms with Crippen molar-refractivity contribution in [3.05, 3.63) is 22.7 Å². The van der Waals surface area contributed by atoms with Gasteiger partial charge in [0, 0.05) is 6.07 Å². The minimum atomic E-state index is -3.01. The van der Waals surface area contributed by atoms with E-state index in [0.29, 0.717) is 6.42 Å². The van der Waals surface area contributed by atoms with Gasteiger partial charge in [-0.15, -0.1) is 0 Å². The monoisotopic (exact) mass is 279 g/mol. The van der Waals surface area contributed by atoms with Crippen LogP contribution in [-0.2, 0) is 4.74 Å². The molecule has 0 saturated heterocycles. The van der Waals surface area contributed by atoms with E-state index in [1.807, 2.05) is 6.92 Å². The number of hydrogen-bond donors (Lipinski definition) is 1. The van der Waals surface area contributed by atoms with Crippen LogP contribution >= 0.6 is 11.6 Å². The molecule has 0 aliphatic heterocycles. The van der Waals surface area contributed by atoms with Crippen LogP contribution in [0.4, 0.5) is 14.5 Å². The molecule has 1 aromatic rings. The lowest BCUT2D eigenvalue weighted by Crippen LogP contribution is -2.10. The summed E-state index contributed by atoms with van der Waals surface area (Å²) in [5.74, 6) is -0.969. The van der Waals surface area contributed by atoms with E-state index < -0.39 is 12.6 Å². The van der Waals surface area contributed by atoms with Gasteiger partial charge in [-0.1, -0.05) is 18.5 Å². The number of esters is 1. The van der Waals surface area contributed by atoms with Crippen LogP contribution in [0, 0.1) is 0 Å². The molecular weight excluding hydrogens is 268 g/mol. The zero-order chi connectivity index (χ0) is 13.7. The van der Waals surface area contributed by atoms with Crippen molar-refractivity contribution in [2.75, 3.05) is 12.3 Å². The molecule has 4 nitrogen and oxygen atoms in total. The number of halogens is 3. The lowest BCUT2D eigenvalue weighted by atomic mass is 10.1. The van der Waals surface area contributed by atoms with E-state index in [0.717, 1.165) is 12.1 Å². The Balaban J connectivity index is 3.02. The van der Waals surface area contributed by atoms with E-state index in [9.17, 15) is 13.6 Å². The first kappa shape index (κ1) is 14.5. The first-order valence-corrected chi connectivity index (χ1v) is 5.54. The van der Waals surface area contributed by atoms with Crippen molar-refractivity contribution in [1.82, 2.24) is 0 Å². The van der Waals surface area contributed by atoms with E-state index >= 15 is 0 Å². The van der Waals surface area contributed by atoms with Crippen LogP contribution in [-0.4, -0.2) is 19.2 Å². The molecule has 0 atom stereocenters. The molecule has 7 heteroatoms. The number of alkyl halides is 2.